The zero-order valence-corrected chi connectivity index (χ0v) is 9.02. The zero-order valence-electron chi connectivity index (χ0n) is 9.02. The average Bonchev–Trinajstić information content (AvgIpc) is 2.85. The fraction of sp³-hybridized carbons (Fsp3) is 0.0833. The van der Waals surface area contributed by atoms with Gasteiger partial charge in [-0.25, -0.2) is 0 Å². The van der Waals surface area contributed by atoms with E-state index in [0.29, 0.717) is 12.2 Å². The van der Waals surface area contributed by atoms with Gasteiger partial charge in [-0.15, -0.1) is 0 Å². The molecule has 1 aromatic heterocycles. The van der Waals surface area contributed by atoms with Gasteiger partial charge in [-0.05, 0) is 17.2 Å². The molecule has 17 heavy (non-hydrogen) atoms. The van der Waals surface area contributed by atoms with Gasteiger partial charge in [0.1, 0.15) is 0 Å². The van der Waals surface area contributed by atoms with Crippen LogP contribution in [-0.4, -0.2) is 6.21 Å². The van der Waals surface area contributed by atoms with Crippen LogP contribution in [-0.2, 0) is 6.54 Å². The van der Waals surface area contributed by atoms with Crippen LogP contribution >= 0.6 is 0 Å². The number of hydrogen-bond donors (Lipinski definition) is 0. The number of furan rings is 1. The second-order valence-corrected chi connectivity index (χ2v) is 3.34. The molecule has 2 aromatic rings. The minimum Gasteiger partial charge on any atom is -0.472 e. The highest BCUT2D eigenvalue weighted by atomic mass is 16.3. The molecule has 0 saturated carbocycles. The summed E-state index contributed by atoms with van der Waals surface area (Å²) in [5.74, 6) is 0. The summed E-state index contributed by atoms with van der Waals surface area (Å²) in [5.41, 5.74) is 10.8. The highest BCUT2D eigenvalue weighted by Gasteiger charge is 1.97. The lowest BCUT2D eigenvalue weighted by Crippen LogP contribution is -1.83. The molecule has 5 heteroatoms. The summed E-state index contributed by atoms with van der Waals surface area (Å²) in [4.78, 5) is 7.04. The Morgan fingerprint density at radius 1 is 1.29 bits per heavy atom. The van der Waals surface area contributed by atoms with Crippen LogP contribution in [0.2, 0.25) is 0 Å². The van der Waals surface area contributed by atoms with Gasteiger partial charge in [-0.2, -0.15) is 0 Å². The van der Waals surface area contributed by atoms with Gasteiger partial charge in [0, 0.05) is 22.4 Å². The molecule has 1 aromatic carbocycles. The quantitative estimate of drug-likeness (QED) is 0.337. The Labute approximate surface area is 98.0 Å². The molecule has 0 aliphatic carbocycles. The molecule has 0 bridgehead atoms. The van der Waals surface area contributed by atoms with Crippen molar-refractivity contribution < 1.29 is 4.42 Å². The van der Waals surface area contributed by atoms with Crippen LogP contribution in [0.5, 0.6) is 0 Å². The first-order valence-corrected chi connectivity index (χ1v) is 5.05. The summed E-state index contributed by atoms with van der Waals surface area (Å²) in [6.45, 7) is 0.473. The molecule has 0 N–H and O–H groups in total. The smallest absolute Gasteiger partial charge is 0.0990 e. The molecule has 0 unspecified atom stereocenters. The summed E-state index contributed by atoms with van der Waals surface area (Å²) in [7, 11) is 0. The Balaban J connectivity index is 2.11. The predicted molar refractivity (Wildman–Crippen MR) is 65.3 cm³/mol. The molecular weight excluding hydrogens is 216 g/mol. The molecule has 0 amide bonds. The van der Waals surface area contributed by atoms with E-state index in [4.69, 9.17) is 9.95 Å². The van der Waals surface area contributed by atoms with Crippen molar-refractivity contribution in [3.05, 3.63) is 64.4 Å². The van der Waals surface area contributed by atoms with E-state index in [1.165, 1.54) is 0 Å². The van der Waals surface area contributed by atoms with Gasteiger partial charge in [-0.1, -0.05) is 29.4 Å². The van der Waals surface area contributed by atoms with E-state index < -0.39 is 0 Å². The molecule has 2 rings (SSSR count). The molecule has 1 heterocycles. The highest BCUT2D eigenvalue weighted by molar-refractivity contribution is 5.78. The second-order valence-electron chi connectivity index (χ2n) is 3.34. The third kappa shape index (κ3) is 2.96. The van der Waals surface area contributed by atoms with Crippen molar-refractivity contribution in [1.82, 2.24) is 0 Å². The Bertz CT molecular complexity index is 554. The standard InChI is InChI=1S/C12H10N4O/c13-16-15-12-4-2-1-3-11(12)8-14-7-10-5-6-17-9-10/h1-7,9H,8H2. The summed E-state index contributed by atoms with van der Waals surface area (Å²) in [6, 6.07) is 9.19. The lowest BCUT2D eigenvalue weighted by Gasteiger charge is -1.99. The van der Waals surface area contributed by atoms with Crippen molar-refractivity contribution in [1.29, 1.82) is 0 Å². The number of aliphatic imine (C=N–C) groups is 1. The predicted octanol–water partition coefficient (Wildman–Crippen LogP) is 3.84. The summed E-state index contributed by atoms with van der Waals surface area (Å²) < 4.78 is 4.92. The first-order valence-electron chi connectivity index (χ1n) is 5.05. The third-order valence-corrected chi connectivity index (χ3v) is 2.19. The van der Waals surface area contributed by atoms with E-state index in [-0.39, 0.29) is 0 Å². The van der Waals surface area contributed by atoms with E-state index in [1.54, 1.807) is 24.8 Å². The van der Waals surface area contributed by atoms with Crippen molar-refractivity contribution in [3.8, 4) is 0 Å². The van der Waals surface area contributed by atoms with Crippen LogP contribution in [0.25, 0.3) is 10.4 Å². The fourth-order valence-corrected chi connectivity index (χ4v) is 1.39. The van der Waals surface area contributed by atoms with Gasteiger partial charge in [0.05, 0.1) is 19.1 Å². The number of nitrogens with zero attached hydrogens (tertiary/aromatic N) is 4. The van der Waals surface area contributed by atoms with Crippen molar-refractivity contribution in [3.63, 3.8) is 0 Å². The summed E-state index contributed by atoms with van der Waals surface area (Å²) in [6.07, 6.45) is 4.93. The number of hydrogen-bond acceptors (Lipinski definition) is 3. The van der Waals surface area contributed by atoms with Gasteiger partial charge in [0.2, 0.25) is 0 Å². The van der Waals surface area contributed by atoms with Crippen LogP contribution in [0, 0.1) is 0 Å². The summed E-state index contributed by atoms with van der Waals surface area (Å²) in [5, 5.41) is 3.61. The number of azide groups is 1. The molecular formula is C12H10N4O. The molecule has 0 aliphatic heterocycles. The Kier molecular flexibility index (Phi) is 3.57. The zero-order chi connectivity index (χ0) is 11.9. The Hall–Kier alpha value is -2.52. The van der Waals surface area contributed by atoms with E-state index in [9.17, 15) is 0 Å². The van der Waals surface area contributed by atoms with Crippen LogP contribution < -0.4 is 0 Å². The normalized spacial score (nSPS) is 10.4. The van der Waals surface area contributed by atoms with Crippen LogP contribution in [0.3, 0.4) is 0 Å². The minimum atomic E-state index is 0.473. The van der Waals surface area contributed by atoms with E-state index >= 15 is 0 Å². The van der Waals surface area contributed by atoms with Gasteiger partial charge < -0.3 is 4.42 Å². The van der Waals surface area contributed by atoms with Gasteiger partial charge in [-0.3, -0.25) is 4.99 Å². The maximum Gasteiger partial charge on any atom is 0.0990 e. The number of benzene rings is 1. The van der Waals surface area contributed by atoms with Crippen LogP contribution in [0.4, 0.5) is 5.69 Å². The monoisotopic (exact) mass is 226 g/mol. The van der Waals surface area contributed by atoms with Gasteiger partial charge in [0.15, 0.2) is 0 Å². The fourth-order valence-electron chi connectivity index (χ4n) is 1.39. The van der Waals surface area contributed by atoms with Crippen LogP contribution in [0.15, 0.2) is 57.4 Å². The van der Waals surface area contributed by atoms with Crippen molar-refractivity contribution in [2.75, 3.05) is 0 Å². The lowest BCUT2D eigenvalue weighted by atomic mass is 10.2. The maximum absolute atomic E-state index is 8.43. The molecule has 84 valence electrons. The SMILES string of the molecule is [N-]=[N+]=Nc1ccccc1CN=Cc1ccoc1. The molecule has 0 fully saturated rings. The Morgan fingerprint density at radius 2 is 2.18 bits per heavy atom. The van der Waals surface area contributed by atoms with E-state index in [1.807, 2.05) is 24.3 Å². The van der Waals surface area contributed by atoms with Crippen molar-refractivity contribution >= 4 is 11.9 Å². The van der Waals surface area contributed by atoms with Crippen molar-refractivity contribution in [2.45, 2.75) is 6.54 Å². The third-order valence-electron chi connectivity index (χ3n) is 2.19. The first-order chi connectivity index (χ1) is 8.40. The molecule has 0 radical (unpaired) electrons. The van der Waals surface area contributed by atoms with Gasteiger partial charge >= 0.3 is 0 Å². The molecule has 0 saturated heterocycles. The molecule has 0 atom stereocenters. The Morgan fingerprint density at radius 3 is 2.94 bits per heavy atom. The summed E-state index contributed by atoms with van der Waals surface area (Å²) >= 11 is 0. The molecule has 5 nitrogen and oxygen atoms in total. The highest BCUT2D eigenvalue weighted by Crippen LogP contribution is 2.19. The molecule has 0 aliphatic rings. The average molecular weight is 226 g/mol. The largest absolute Gasteiger partial charge is 0.472 e. The van der Waals surface area contributed by atoms with E-state index in [0.717, 1.165) is 11.1 Å². The maximum atomic E-state index is 8.43. The molecule has 0 spiro atoms. The lowest BCUT2D eigenvalue weighted by molar-refractivity contribution is 0.567. The second kappa shape index (κ2) is 5.53. The first kappa shape index (κ1) is 11.0. The minimum absolute atomic E-state index is 0.473. The van der Waals surface area contributed by atoms with Crippen LogP contribution in [0.1, 0.15) is 11.1 Å². The van der Waals surface area contributed by atoms with E-state index in [2.05, 4.69) is 15.0 Å². The van der Waals surface area contributed by atoms with Gasteiger partial charge in [0.25, 0.3) is 0 Å². The topological polar surface area (TPSA) is 74.3 Å². The number of rotatable bonds is 4. The van der Waals surface area contributed by atoms with Crippen molar-refractivity contribution in [2.24, 2.45) is 10.1 Å².